The summed E-state index contributed by atoms with van der Waals surface area (Å²) in [4.78, 5) is 13.6. The van der Waals surface area contributed by atoms with Crippen LogP contribution < -0.4 is 0 Å². The monoisotopic (exact) mass is 291 g/mol. The topological polar surface area (TPSA) is 81.0 Å². The molecule has 21 heavy (non-hydrogen) atoms. The number of rotatable bonds is 7. The summed E-state index contributed by atoms with van der Waals surface area (Å²) in [5.74, 6) is -1.02. The van der Waals surface area contributed by atoms with Gasteiger partial charge in [0.15, 0.2) is 0 Å². The van der Waals surface area contributed by atoms with Gasteiger partial charge in [-0.1, -0.05) is 36.8 Å². The van der Waals surface area contributed by atoms with Crippen molar-refractivity contribution in [1.29, 1.82) is 0 Å². The number of benzene rings is 1. The van der Waals surface area contributed by atoms with Crippen molar-refractivity contribution in [2.24, 2.45) is 11.8 Å². The second-order valence-corrected chi connectivity index (χ2v) is 5.80. The van der Waals surface area contributed by atoms with E-state index < -0.39 is 13.1 Å². The van der Waals surface area contributed by atoms with E-state index in [9.17, 15) is 9.90 Å². The normalized spacial score (nSPS) is 22.4. The predicted octanol–water partition coefficient (Wildman–Crippen LogP) is 1.07. The van der Waals surface area contributed by atoms with Crippen LogP contribution in [0.25, 0.3) is 0 Å². The van der Waals surface area contributed by atoms with Crippen LogP contribution in [0.2, 0.25) is 6.32 Å². The summed E-state index contributed by atoms with van der Waals surface area (Å²) in [6.07, 6.45) is 1.67. The number of carboxylic acid groups (broad SMARTS) is 1. The first-order chi connectivity index (χ1) is 10.1. The van der Waals surface area contributed by atoms with E-state index in [1.54, 1.807) is 0 Å². The van der Waals surface area contributed by atoms with Crippen LogP contribution in [0.15, 0.2) is 30.3 Å². The molecule has 1 aromatic carbocycles. The molecule has 0 saturated carbocycles. The van der Waals surface area contributed by atoms with Gasteiger partial charge < -0.3 is 15.2 Å². The molecule has 0 unspecified atom stereocenters. The Hall–Kier alpha value is -1.37. The van der Waals surface area contributed by atoms with Crippen LogP contribution in [0.3, 0.4) is 0 Å². The summed E-state index contributed by atoms with van der Waals surface area (Å²) in [7, 11) is -1.30. The van der Waals surface area contributed by atoms with Gasteiger partial charge in [-0.2, -0.15) is 0 Å². The first kappa shape index (κ1) is 16.0. The zero-order chi connectivity index (χ0) is 15.2. The van der Waals surface area contributed by atoms with Crippen molar-refractivity contribution in [3.05, 3.63) is 35.9 Å². The van der Waals surface area contributed by atoms with Crippen molar-refractivity contribution in [2.45, 2.75) is 25.7 Å². The van der Waals surface area contributed by atoms with Crippen molar-refractivity contribution in [3.8, 4) is 0 Å². The molecule has 0 spiro atoms. The average molecular weight is 291 g/mol. The second kappa shape index (κ2) is 7.59. The molecule has 0 radical (unpaired) electrons. The van der Waals surface area contributed by atoms with Gasteiger partial charge in [0.25, 0.3) is 0 Å². The lowest BCUT2D eigenvalue weighted by molar-refractivity contribution is -0.142. The maximum atomic E-state index is 11.4. The van der Waals surface area contributed by atoms with Gasteiger partial charge in [0.2, 0.25) is 0 Å². The van der Waals surface area contributed by atoms with Crippen LogP contribution in [-0.2, 0) is 11.3 Å². The third kappa shape index (κ3) is 4.84. The smallest absolute Gasteiger partial charge is 0.451 e. The molecule has 5 nitrogen and oxygen atoms in total. The van der Waals surface area contributed by atoms with E-state index in [2.05, 4.69) is 4.90 Å². The minimum Gasteiger partial charge on any atom is -0.481 e. The molecule has 6 heteroatoms. The molecule has 1 aliphatic rings. The number of aliphatic carboxylic acids is 1. The van der Waals surface area contributed by atoms with Gasteiger partial charge in [-0.05, 0) is 24.2 Å². The molecule has 1 aromatic rings. The fraction of sp³-hybridized carbons (Fsp3) is 0.533. The van der Waals surface area contributed by atoms with Crippen LogP contribution in [0.5, 0.6) is 0 Å². The Bertz CT molecular complexity index is 454. The summed E-state index contributed by atoms with van der Waals surface area (Å²) in [5, 5.41) is 27.1. The van der Waals surface area contributed by atoms with Crippen molar-refractivity contribution < 1.29 is 19.9 Å². The molecule has 1 aliphatic heterocycles. The summed E-state index contributed by atoms with van der Waals surface area (Å²) < 4.78 is 0. The van der Waals surface area contributed by atoms with Crippen LogP contribution in [0.1, 0.15) is 18.4 Å². The van der Waals surface area contributed by atoms with Crippen molar-refractivity contribution in [3.63, 3.8) is 0 Å². The van der Waals surface area contributed by atoms with E-state index in [-0.39, 0.29) is 11.8 Å². The SMILES string of the molecule is O=C(O)[C@@H]1CN(Cc2ccccc2)C[C@@H]1CCCB(O)O. The fourth-order valence-electron chi connectivity index (χ4n) is 3.07. The minimum absolute atomic E-state index is 0.0879. The summed E-state index contributed by atoms with van der Waals surface area (Å²) in [6.45, 7) is 2.09. The van der Waals surface area contributed by atoms with Gasteiger partial charge in [-0.3, -0.25) is 9.69 Å². The van der Waals surface area contributed by atoms with E-state index in [1.165, 1.54) is 5.56 Å². The highest BCUT2D eigenvalue weighted by molar-refractivity contribution is 6.40. The summed E-state index contributed by atoms with van der Waals surface area (Å²) in [5.41, 5.74) is 1.19. The Kier molecular flexibility index (Phi) is 5.79. The van der Waals surface area contributed by atoms with E-state index >= 15 is 0 Å². The first-order valence-corrected chi connectivity index (χ1v) is 7.41. The van der Waals surface area contributed by atoms with E-state index in [1.807, 2.05) is 30.3 Å². The molecule has 3 N–H and O–H groups in total. The van der Waals surface area contributed by atoms with Gasteiger partial charge in [-0.25, -0.2) is 0 Å². The third-order valence-electron chi connectivity index (χ3n) is 4.12. The zero-order valence-electron chi connectivity index (χ0n) is 12.1. The molecule has 1 saturated heterocycles. The number of carbonyl (C=O) groups is 1. The number of hydrogen-bond acceptors (Lipinski definition) is 4. The van der Waals surface area contributed by atoms with Crippen LogP contribution in [-0.4, -0.2) is 46.2 Å². The highest BCUT2D eigenvalue weighted by Gasteiger charge is 2.37. The Morgan fingerprint density at radius 2 is 1.95 bits per heavy atom. The lowest BCUT2D eigenvalue weighted by atomic mass is 9.80. The van der Waals surface area contributed by atoms with E-state index in [0.29, 0.717) is 19.3 Å². The summed E-state index contributed by atoms with van der Waals surface area (Å²) in [6, 6.07) is 10.0. The van der Waals surface area contributed by atoms with Crippen molar-refractivity contribution in [1.82, 2.24) is 4.90 Å². The molecule has 0 aromatic heterocycles. The Labute approximate surface area is 125 Å². The molecule has 1 fully saturated rings. The van der Waals surface area contributed by atoms with Crippen LogP contribution in [0, 0.1) is 11.8 Å². The van der Waals surface area contributed by atoms with Crippen LogP contribution >= 0.6 is 0 Å². The molecule has 0 amide bonds. The number of carboxylic acids is 1. The first-order valence-electron chi connectivity index (χ1n) is 7.41. The van der Waals surface area contributed by atoms with Gasteiger partial charge in [-0.15, -0.1) is 0 Å². The Morgan fingerprint density at radius 3 is 2.57 bits per heavy atom. The fourth-order valence-corrected chi connectivity index (χ4v) is 3.07. The lowest BCUT2D eigenvalue weighted by Crippen LogP contribution is -2.23. The molecule has 0 bridgehead atoms. The lowest BCUT2D eigenvalue weighted by Gasteiger charge is -2.15. The molecule has 114 valence electrons. The molecule has 1 heterocycles. The molecule has 2 rings (SSSR count). The van der Waals surface area contributed by atoms with Crippen molar-refractivity contribution >= 4 is 13.1 Å². The van der Waals surface area contributed by atoms with Gasteiger partial charge >= 0.3 is 13.1 Å². The number of nitrogens with zero attached hydrogens (tertiary/aromatic N) is 1. The quantitative estimate of drug-likeness (QED) is 0.655. The van der Waals surface area contributed by atoms with Crippen molar-refractivity contribution in [2.75, 3.05) is 13.1 Å². The molecular formula is C15H22BNO4. The summed E-state index contributed by atoms with van der Waals surface area (Å²) >= 11 is 0. The Balaban J connectivity index is 1.90. The third-order valence-corrected chi connectivity index (χ3v) is 4.12. The average Bonchev–Trinajstić information content (AvgIpc) is 2.82. The van der Waals surface area contributed by atoms with Gasteiger partial charge in [0.1, 0.15) is 0 Å². The maximum absolute atomic E-state index is 11.4. The highest BCUT2D eigenvalue weighted by Crippen LogP contribution is 2.29. The van der Waals surface area contributed by atoms with E-state index in [4.69, 9.17) is 10.0 Å². The predicted molar refractivity (Wildman–Crippen MR) is 80.6 cm³/mol. The highest BCUT2D eigenvalue weighted by atomic mass is 16.4. The standard InChI is InChI=1S/C15H22BNO4/c18-15(19)14-11-17(9-12-5-2-1-3-6-12)10-13(14)7-4-8-16(20)21/h1-3,5-6,13-14,20-21H,4,7-11H2,(H,18,19)/t13-,14+/m0/s1. The number of hydrogen-bond donors (Lipinski definition) is 3. The largest absolute Gasteiger partial charge is 0.481 e. The molecular weight excluding hydrogens is 269 g/mol. The van der Waals surface area contributed by atoms with Gasteiger partial charge in [0.05, 0.1) is 5.92 Å². The molecule has 2 atom stereocenters. The van der Waals surface area contributed by atoms with E-state index in [0.717, 1.165) is 19.5 Å². The zero-order valence-corrected chi connectivity index (χ0v) is 12.1. The minimum atomic E-state index is -1.30. The maximum Gasteiger partial charge on any atom is 0.451 e. The molecule has 0 aliphatic carbocycles. The van der Waals surface area contributed by atoms with Gasteiger partial charge in [0, 0.05) is 19.6 Å². The number of likely N-dealkylation sites (tertiary alicyclic amines) is 1. The van der Waals surface area contributed by atoms with Crippen LogP contribution in [0.4, 0.5) is 0 Å². The second-order valence-electron chi connectivity index (χ2n) is 5.80. The Morgan fingerprint density at radius 1 is 1.24 bits per heavy atom.